The lowest BCUT2D eigenvalue weighted by Gasteiger charge is -2.44. The minimum absolute atomic E-state index is 0.0593. The summed E-state index contributed by atoms with van der Waals surface area (Å²) in [6.07, 6.45) is -0.555. The molecule has 1 aliphatic rings. The second-order valence-corrected chi connectivity index (χ2v) is 6.98. The van der Waals surface area contributed by atoms with E-state index in [9.17, 15) is 14.7 Å². The van der Waals surface area contributed by atoms with Gasteiger partial charge in [0.05, 0.1) is 6.04 Å². The molecule has 104 valence electrons. The van der Waals surface area contributed by atoms with Crippen molar-refractivity contribution < 1.29 is 19.4 Å². The number of aliphatic carboxylic acids is 1. The maximum Gasteiger partial charge on any atom is 0.411 e. The number of amides is 1. The molecule has 0 unspecified atom stereocenters. The number of nitrogens with zero attached hydrogens (tertiary/aromatic N) is 1. The third kappa shape index (κ3) is 3.31. The van der Waals surface area contributed by atoms with E-state index in [0.717, 1.165) is 11.5 Å². The van der Waals surface area contributed by atoms with Crippen molar-refractivity contribution in [3.63, 3.8) is 0 Å². The van der Waals surface area contributed by atoms with Crippen LogP contribution in [0.25, 0.3) is 0 Å². The highest BCUT2D eigenvalue weighted by molar-refractivity contribution is 8.00. The van der Waals surface area contributed by atoms with Crippen LogP contribution in [-0.2, 0) is 9.53 Å². The van der Waals surface area contributed by atoms with E-state index in [0.29, 0.717) is 0 Å². The second kappa shape index (κ2) is 4.99. The average molecular weight is 275 g/mol. The maximum atomic E-state index is 12.2. The number of thioether (sulfide) groups is 1. The summed E-state index contributed by atoms with van der Waals surface area (Å²) in [5, 5.41) is 9.27. The monoisotopic (exact) mass is 275 g/mol. The van der Waals surface area contributed by atoms with Crippen LogP contribution >= 0.6 is 11.8 Å². The van der Waals surface area contributed by atoms with Crippen LogP contribution in [0.2, 0.25) is 0 Å². The number of carbonyl (C=O) groups excluding carboxylic acids is 1. The first-order chi connectivity index (χ1) is 8.05. The summed E-state index contributed by atoms with van der Waals surface area (Å²) in [5.41, 5.74) is -1.88. The molecule has 1 amide bonds. The molecule has 5 nitrogen and oxygen atoms in total. The fourth-order valence-electron chi connectivity index (χ4n) is 1.62. The summed E-state index contributed by atoms with van der Waals surface area (Å²) in [6.45, 7) is 8.37. The largest absolute Gasteiger partial charge is 0.480 e. The molecule has 0 aromatic rings. The SMILES string of the molecule is CC(C)(C)OC(=O)N(C1CSC1)C(C)(C)C(=O)O. The summed E-state index contributed by atoms with van der Waals surface area (Å²) in [4.78, 5) is 24.9. The molecule has 0 spiro atoms. The standard InChI is InChI=1S/C12H21NO4S/c1-11(2,3)17-10(16)13(8-6-18-7-8)12(4,5)9(14)15/h8H,6-7H2,1-5H3,(H,14,15). The van der Waals surface area contributed by atoms with E-state index in [1.165, 1.54) is 18.7 Å². The van der Waals surface area contributed by atoms with Crippen LogP contribution in [0, 0.1) is 0 Å². The minimum Gasteiger partial charge on any atom is -0.480 e. The smallest absolute Gasteiger partial charge is 0.411 e. The molecule has 1 heterocycles. The van der Waals surface area contributed by atoms with Crippen LogP contribution in [0.15, 0.2) is 0 Å². The summed E-state index contributed by atoms with van der Waals surface area (Å²) in [5.74, 6) is 0.497. The molecule has 1 aliphatic heterocycles. The third-order valence-electron chi connectivity index (χ3n) is 2.70. The second-order valence-electron chi connectivity index (χ2n) is 5.91. The maximum absolute atomic E-state index is 12.2. The van der Waals surface area contributed by atoms with Gasteiger partial charge in [0.25, 0.3) is 0 Å². The Bertz CT molecular complexity index is 344. The lowest BCUT2D eigenvalue weighted by Crippen LogP contribution is -2.61. The first-order valence-electron chi connectivity index (χ1n) is 5.89. The van der Waals surface area contributed by atoms with Gasteiger partial charge in [0.1, 0.15) is 11.1 Å². The minimum atomic E-state index is -1.26. The molecule has 1 rings (SSSR count). The van der Waals surface area contributed by atoms with E-state index >= 15 is 0 Å². The van der Waals surface area contributed by atoms with Crippen LogP contribution in [0.4, 0.5) is 4.79 Å². The van der Waals surface area contributed by atoms with Gasteiger partial charge in [-0.3, -0.25) is 4.90 Å². The topological polar surface area (TPSA) is 66.8 Å². The van der Waals surface area contributed by atoms with Crippen molar-refractivity contribution in [1.29, 1.82) is 0 Å². The van der Waals surface area contributed by atoms with E-state index in [1.807, 2.05) is 0 Å². The number of carboxylic acids is 1. The van der Waals surface area contributed by atoms with E-state index in [4.69, 9.17) is 4.74 Å². The lowest BCUT2D eigenvalue weighted by atomic mass is 10.0. The quantitative estimate of drug-likeness (QED) is 0.855. The molecule has 0 atom stereocenters. The third-order valence-corrected chi connectivity index (χ3v) is 3.94. The van der Waals surface area contributed by atoms with E-state index in [-0.39, 0.29) is 6.04 Å². The van der Waals surface area contributed by atoms with E-state index in [2.05, 4.69) is 0 Å². The molecular weight excluding hydrogens is 254 g/mol. The number of ether oxygens (including phenoxy) is 1. The van der Waals surface area contributed by atoms with Gasteiger partial charge in [0.2, 0.25) is 0 Å². The van der Waals surface area contributed by atoms with E-state index < -0.39 is 23.2 Å². The molecule has 0 aromatic heterocycles. The Morgan fingerprint density at radius 1 is 1.22 bits per heavy atom. The number of carboxylic acid groups (broad SMARTS) is 1. The molecule has 0 saturated carbocycles. The van der Waals surface area contributed by atoms with Crippen LogP contribution in [0.5, 0.6) is 0 Å². The van der Waals surface area contributed by atoms with Gasteiger partial charge >= 0.3 is 12.1 Å². The molecule has 0 radical (unpaired) electrons. The Balaban J connectivity index is 2.92. The first-order valence-corrected chi connectivity index (χ1v) is 7.04. The van der Waals surface area contributed by atoms with Crippen LogP contribution < -0.4 is 0 Å². The lowest BCUT2D eigenvalue weighted by molar-refractivity contribution is -0.150. The summed E-state index contributed by atoms with van der Waals surface area (Å²) in [7, 11) is 0. The predicted molar refractivity (Wildman–Crippen MR) is 70.9 cm³/mol. The normalized spacial score (nSPS) is 16.9. The van der Waals surface area contributed by atoms with Gasteiger partial charge in [0, 0.05) is 11.5 Å². The highest BCUT2D eigenvalue weighted by Gasteiger charge is 2.45. The summed E-state index contributed by atoms with van der Waals surface area (Å²) < 4.78 is 5.31. The van der Waals surface area contributed by atoms with Gasteiger partial charge in [-0.1, -0.05) is 0 Å². The van der Waals surface area contributed by atoms with Crippen LogP contribution in [0.3, 0.4) is 0 Å². The van der Waals surface area contributed by atoms with Gasteiger partial charge < -0.3 is 9.84 Å². The zero-order valence-corrected chi connectivity index (χ0v) is 12.3. The number of hydrogen-bond donors (Lipinski definition) is 1. The van der Waals surface area contributed by atoms with Crippen LogP contribution in [-0.4, -0.2) is 50.8 Å². The van der Waals surface area contributed by atoms with Crippen molar-refractivity contribution in [3.05, 3.63) is 0 Å². The van der Waals surface area contributed by atoms with Crippen molar-refractivity contribution >= 4 is 23.8 Å². The Kier molecular flexibility index (Phi) is 4.20. The van der Waals surface area contributed by atoms with Crippen molar-refractivity contribution in [2.45, 2.75) is 51.8 Å². The van der Waals surface area contributed by atoms with Gasteiger partial charge in [-0.25, -0.2) is 9.59 Å². The van der Waals surface area contributed by atoms with Crippen molar-refractivity contribution in [2.24, 2.45) is 0 Å². The number of hydrogen-bond acceptors (Lipinski definition) is 4. The van der Waals surface area contributed by atoms with E-state index in [1.54, 1.807) is 32.5 Å². The Hall–Kier alpha value is -0.910. The Morgan fingerprint density at radius 3 is 2.00 bits per heavy atom. The number of rotatable bonds is 3. The number of carbonyl (C=O) groups is 2. The van der Waals surface area contributed by atoms with Crippen molar-refractivity contribution in [2.75, 3.05) is 11.5 Å². The summed E-state index contributed by atoms with van der Waals surface area (Å²) in [6, 6.07) is -0.0593. The molecule has 18 heavy (non-hydrogen) atoms. The molecule has 6 heteroatoms. The van der Waals surface area contributed by atoms with Gasteiger partial charge in [-0.05, 0) is 34.6 Å². The van der Waals surface area contributed by atoms with Gasteiger partial charge in [-0.15, -0.1) is 0 Å². The Labute approximate surface area is 112 Å². The van der Waals surface area contributed by atoms with Crippen LogP contribution in [0.1, 0.15) is 34.6 Å². The average Bonchev–Trinajstić information content (AvgIpc) is 2.06. The molecule has 0 aromatic carbocycles. The predicted octanol–water partition coefficient (Wildman–Crippen LogP) is 2.20. The highest BCUT2D eigenvalue weighted by atomic mass is 32.2. The molecule has 1 N–H and O–H groups in total. The fourth-order valence-corrected chi connectivity index (χ4v) is 2.36. The van der Waals surface area contributed by atoms with Crippen molar-refractivity contribution in [1.82, 2.24) is 4.90 Å². The molecule has 0 aliphatic carbocycles. The molecule has 0 bridgehead atoms. The van der Waals surface area contributed by atoms with Gasteiger partial charge in [-0.2, -0.15) is 11.8 Å². The van der Waals surface area contributed by atoms with Crippen molar-refractivity contribution in [3.8, 4) is 0 Å². The molecule has 1 saturated heterocycles. The zero-order valence-electron chi connectivity index (χ0n) is 11.5. The summed E-state index contributed by atoms with van der Waals surface area (Å²) >= 11 is 1.69. The van der Waals surface area contributed by atoms with Gasteiger partial charge in [0.15, 0.2) is 0 Å². The first kappa shape index (κ1) is 15.1. The fraction of sp³-hybridized carbons (Fsp3) is 0.833. The zero-order chi connectivity index (χ0) is 14.1. The Morgan fingerprint density at radius 2 is 1.72 bits per heavy atom. The molecular formula is C12H21NO4S. The molecule has 1 fully saturated rings. The highest BCUT2D eigenvalue weighted by Crippen LogP contribution is 2.31.